The molecule has 0 aliphatic heterocycles. The van der Waals surface area contributed by atoms with E-state index in [1.54, 1.807) is 7.11 Å². The highest BCUT2D eigenvalue weighted by Crippen LogP contribution is 2.27. The number of methoxy groups -OCH3 is 1. The topological polar surface area (TPSA) is 21.3 Å². The first-order valence-electron chi connectivity index (χ1n) is 4.19. The first-order valence-corrected chi connectivity index (χ1v) is 4.57. The molecule has 0 bridgehead atoms. The lowest BCUT2D eigenvalue weighted by atomic mass is 10.1. The standard InChI is InChI=1S/C10H14ClNO/c1-7(12-2)8-4-5-10(13-3)9(11)6-8/h4-7,12H,1-3H3/t7-/m1/s1. The van der Waals surface area contributed by atoms with Gasteiger partial charge in [0, 0.05) is 6.04 Å². The molecule has 72 valence electrons. The fourth-order valence-corrected chi connectivity index (χ4v) is 1.38. The smallest absolute Gasteiger partial charge is 0.137 e. The number of halogens is 1. The number of rotatable bonds is 3. The molecule has 0 saturated heterocycles. The summed E-state index contributed by atoms with van der Waals surface area (Å²) in [4.78, 5) is 0. The van der Waals surface area contributed by atoms with E-state index < -0.39 is 0 Å². The summed E-state index contributed by atoms with van der Waals surface area (Å²) < 4.78 is 5.06. The van der Waals surface area contributed by atoms with E-state index in [1.165, 1.54) is 0 Å². The van der Waals surface area contributed by atoms with Crippen molar-refractivity contribution in [3.8, 4) is 5.75 Å². The van der Waals surface area contributed by atoms with E-state index in [4.69, 9.17) is 16.3 Å². The zero-order valence-electron chi connectivity index (χ0n) is 8.10. The predicted molar refractivity (Wildman–Crippen MR) is 55.5 cm³/mol. The van der Waals surface area contributed by atoms with Crippen molar-refractivity contribution in [1.82, 2.24) is 5.32 Å². The van der Waals surface area contributed by atoms with Gasteiger partial charge in [0.1, 0.15) is 5.75 Å². The Kier molecular flexibility index (Phi) is 3.58. The third kappa shape index (κ3) is 2.36. The van der Waals surface area contributed by atoms with Crippen LogP contribution in [0, 0.1) is 0 Å². The lowest BCUT2D eigenvalue weighted by Crippen LogP contribution is -2.12. The van der Waals surface area contributed by atoms with Gasteiger partial charge in [0.15, 0.2) is 0 Å². The first-order chi connectivity index (χ1) is 6.19. The fourth-order valence-electron chi connectivity index (χ4n) is 1.12. The van der Waals surface area contributed by atoms with Crippen molar-refractivity contribution in [2.24, 2.45) is 0 Å². The number of nitrogens with one attached hydrogen (secondary N) is 1. The van der Waals surface area contributed by atoms with Crippen molar-refractivity contribution >= 4 is 11.6 Å². The maximum absolute atomic E-state index is 5.98. The molecule has 0 aliphatic rings. The van der Waals surface area contributed by atoms with Gasteiger partial charge in [0.25, 0.3) is 0 Å². The molecule has 13 heavy (non-hydrogen) atoms. The van der Waals surface area contributed by atoms with Crippen LogP contribution in [0.5, 0.6) is 5.75 Å². The Balaban J connectivity index is 2.95. The average Bonchev–Trinajstić information content (AvgIpc) is 2.16. The molecular formula is C10H14ClNO. The summed E-state index contributed by atoms with van der Waals surface area (Å²) in [5.74, 6) is 0.716. The van der Waals surface area contributed by atoms with Crippen LogP contribution in [0.15, 0.2) is 18.2 Å². The zero-order valence-corrected chi connectivity index (χ0v) is 8.85. The molecule has 2 nitrogen and oxygen atoms in total. The number of ether oxygens (including phenoxy) is 1. The molecule has 1 rings (SSSR count). The summed E-state index contributed by atoms with van der Waals surface area (Å²) in [6.45, 7) is 2.08. The van der Waals surface area contributed by atoms with Gasteiger partial charge in [-0.05, 0) is 31.7 Å². The van der Waals surface area contributed by atoms with E-state index in [9.17, 15) is 0 Å². The van der Waals surface area contributed by atoms with Gasteiger partial charge in [-0.1, -0.05) is 17.7 Å². The second kappa shape index (κ2) is 4.49. The largest absolute Gasteiger partial charge is 0.495 e. The van der Waals surface area contributed by atoms with Crippen LogP contribution in [0.4, 0.5) is 0 Å². The van der Waals surface area contributed by atoms with Gasteiger partial charge >= 0.3 is 0 Å². The quantitative estimate of drug-likeness (QED) is 0.808. The Morgan fingerprint density at radius 3 is 2.62 bits per heavy atom. The highest BCUT2D eigenvalue weighted by molar-refractivity contribution is 6.32. The van der Waals surface area contributed by atoms with Crippen LogP contribution in [-0.2, 0) is 0 Å². The van der Waals surface area contributed by atoms with Crippen LogP contribution in [-0.4, -0.2) is 14.2 Å². The molecule has 1 N–H and O–H groups in total. The number of hydrogen-bond donors (Lipinski definition) is 1. The monoisotopic (exact) mass is 199 g/mol. The summed E-state index contributed by atoms with van der Waals surface area (Å²) in [6.07, 6.45) is 0. The van der Waals surface area contributed by atoms with E-state index >= 15 is 0 Å². The number of hydrogen-bond acceptors (Lipinski definition) is 2. The molecule has 0 saturated carbocycles. The molecule has 0 fully saturated rings. The molecule has 0 amide bonds. The van der Waals surface area contributed by atoms with Crippen molar-refractivity contribution in [3.63, 3.8) is 0 Å². The van der Waals surface area contributed by atoms with Gasteiger partial charge in [-0.2, -0.15) is 0 Å². The van der Waals surface area contributed by atoms with E-state index in [1.807, 2.05) is 25.2 Å². The Hall–Kier alpha value is -0.730. The summed E-state index contributed by atoms with van der Waals surface area (Å²) in [5.41, 5.74) is 1.16. The SMILES string of the molecule is CN[C@H](C)c1ccc(OC)c(Cl)c1. The van der Waals surface area contributed by atoms with Crippen molar-refractivity contribution in [3.05, 3.63) is 28.8 Å². The maximum Gasteiger partial charge on any atom is 0.137 e. The normalized spacial score (nSPS) is 12.6. The van der Waals surface area contributed by atoms with Crippen LogP contribution in [0.25, 0.3) is 0 Å². The molecule has 1 atom stereocenters. The van der Waals surface area contributed by atoms with Crippen molar-refractivity contribution in [1.29, 1.82) is 0 Å². The van der Waals surface area contributed by atoms with E-state index in [0.717, 1.165) is 5.56 Å². The van der Waals surface area contributed by atoms with Gasteiger partial charge < -0.3 is 10.1 Å². The van der Waals surface area contributed by atoms with Crippen molar-refractivity contribution in [2.45, 2.75) is 13.0 Å². The summed E-state index contributed by atoms with van der Waals surface area (Å²) in [5, 5.41) is 3.80. The Labute approximate surface area is 83.9 Å². The van der Waals surface area contributed by atoms with Crippen LogP contribution < -0.4 is 10.1 Å². The fraction of sp³-hybridized carbons (Fsp3) is 0.400. The van der Waals surface area contributed by atoms with Gasteiger partial charge in [0.05, 0.1) is 12.1 Å². The molecule has 0 unspecified atom stereocenters. The molecule has 0 aromatic heterocycles. The molecule has 1 aromatic rings. The molecule has 0 radical (unpaired) electrons. The Bertz CT molecular complexity index is 288. The second-order valence-corrected chi connectivity index (χ2v) is 3.31. The summed E-state index contributed by atoms with van der Waals surface area (Å²) >= 11 is 5.98. The van der Waals surface area contributed by atoms with E-state index in [2.05, 4.69) is 12.2 Å². The Morgan fingerprint density at radius 2 is 2.15 bits per heavy atom. The zero-order chi connectivity index (χ0) is 9.84. The van der Waals surface area contributed by atoms with Crippen molar-refractivity contribution < 1.29 is 4.74 Å². The minimum atomic E-state index is 0.309. The molecule has 0 heterocycles. The lowest BCUT2D eigenvalue weighted by Gasteiger charge is -2.12. The van der Waals surface area contributed by atoms with Crippen LogP contribution in [0.1, 0.15) is 18.5 Å². The van der Waals surface area contributed by atoms with Crippen LogP contribution in [0.3, 0.4) is 0 Å². The molecule has 1 aromatic carbocycles. The second-order valence-electron chi connectivity index (χ2n) is 2.90. The molecule has 0 spiro atoms. The minimum Gasteiger partial charge on any atom is -0.495 e. The summed E-state index contributed by atoms with van der Waals surface area (Å²) in [6, 6.07) is 6.11. The lowest BCUT2D eigenvalue weighted by molar-refractivity contribution is 0.414. The van der Waals surface area contributed by atoms with Crippen LogP contribution >= 0.6 is 11.6 Å². The maximum atomic E-state index is 5.98. The highest BCUT2D eigenvalue weighted by atomic mass is 35.5. The third-order valence-corrected chi connectivity index (χ3v) is 2.40. The van der Waals surface area contributed by atoms with Gasteiger partial charge in [-0.15, -0.1) is 0 Å². The molecular weight excluding hydrogens is 186 g/mol. The molecule has 0 aliphatic carbocycles. The number of benzene rings is 1. The summed E-state index contributed by atoms with van der Waals surface area (Å²) in [7, 11) is 3.53. The minimum absolute atomic E-state index is 0.309. The van der Waals surface area contributed by atoms with E-state index in [0.29, 0.717) is 16.8 Å². The van der Waals surface area contributed by atoms with Gasteiger partial charge in [0.2, 0.25) is 0 Å². The average molecular weight is 200 g/mol. The van der Waals surface area contributed by atoms with Gasteiger partial charge in [-0.25, -0.2) is 0 Å². The van der Waals surface area contributed by atoms with Crippen LogP contribution in [0.2, 0.25) is 5.02 Å². The predicted octanol–water partition coefficient (Wildman–Crippen LogP) is 2.63. The third-order valence-electron chi connectivity index (χ3n) is 2.11. The Morgan fingerprint density at radius 1 is 1.46 bits per heavy atom. The van der Waals surface area contributed by atoms with E-state index in [-0.39, 0.29) is 0 Å². The van der Waals surface area contributed by atoms with Gasteiger partial charge in [-0.3, -0.25) is 0 Å². The van der Waals surface area contributed by atoms with Crippen molar-refractivity contribution in [2.75, 3.05) is 14.2 Å². The molecule has 3 heteroatoms. The first kappa shape index (κ1) is 10.4. The highest BCUT2D eigenvalue weighted by Gasteiger charge is 2.05.